The van der Waals surface area contributed by atoms with Crippen LogP contribution in [0.15, 0.2) is 48.5 Å². The number of alkyl halides is 3. The molecule has 0 spiro atoms. The fourth-order valence-corrected chi connectivity index (χ4v) is 3.84. The minimum absolute atomic E-state index is 0.0348. The van der Waals surface area contributed by atoms with E-state index in [0.29, 0.717) is 11.3 Å². The number of likely N-dealkylation sites (N-methyl/N-ethyl adjacent to an activating group) is 1. The predicted octanol–water partition coefficient (Wildman–Crippen LogP) is 4.45. The van der Waals surface area contributed by atoms with Crippen LogP contribution in [0.3, 0.4) is 0 Å². The summed E-state index contributed by atoms with van der Waals surface area (Å²) in [5.74, 6) is -0.650. The van der Waals surface area contributed by atoms with E-state index >= 15 is 0 Å². The molecule has 0 heterocycles. The van der Waals surface area contributed by atoms with Gasteiger partial charge < -0.3 is 10.6 Å². The van der Waals surface area contributed by atoms with Crippen LogP contribution in [-0.4, -0.2) is 36.3 Å². The summed E-state index contributed by atoms with van der Waals surface area (Å²) < 4.78 is 39.5. The van der Waals surface area contributed by atoms with E-state index in [0.717, 1.165) is 31.7 Å². The smallest absolute Gasteiger partial charge is 0.349 e. The molecule has 0 radical (unpaired) electrons. The molecule has 31 heavy (non-hydrogen) atoms. The summed E-state index contributed by atoms with van der Waals surface area (Å²) in [5, 5.41) is 5.71. The molecule has 3 rings (SSSR count). The minimum Gasteiger partial charge on any atom is -0.349 e. The zero-order valence-corrected chi connectivity index (χ0v) is 17.3. The molecule has 0 unspecified atom stereocenters. The summed E-state index contributed by atoms with van der Waals surface area (Å²) >= 11 is 0. The molecule has 1 aliphatic rings. The SMILES string of the molecule is CN(CC(=O)Nc1ccccc1C(=O)NC1CCCC1)Cc1ccccc1C(F)(F)F. The van der Waals surface area contributed by atoms with Crippen molar-refractivity contribution >= 4 is 17.5 Å². The highest BCUT2D eigenvalue weighted by Crippen LogP contribution is 2.32. The molecule has 5 nitrogen and oxygen atoms in total. The van der Waals surface area contributed by atoms with Gasteiger partial charge in [-0.25, -0.2) is 0 Å². The van der Waals surface area contributed by atoms with Crippen LogP contribution in [0.25, 0.3) is 0 Å². The largest absolute Gasteiger partial charge is 0.416 e. The second-order valence-electron chi connectivity index (χ2n) is 7.88. The molecule has 1 fully saturated rings. The Bertz CT molecular complexity index is 924. The maximum atomic E-state index is 13.2. The molecule has 0 bridgehead atoms. The number of hydrogen-bond donors (Lipinski definition) is 2. The molecule has 8 heteroatoms. The molecule has 2 aromatic rings. The van der Waals surface area contributed by atoms with Crippen molar-refractivity contribution in [2.75, 3.05) is 18.9 Å². The molecule has 0 saturated heterocycles. The molecule has 2 amide bonds. The van der Waals surface area contributed by atoms with E-state index in [1.807, 2.05) is 0 Å². The molecule has 166 valence electrons. The number of rotatable bonds is 7. The third-order valence-electron chi connectivity index (χ3n) is 5.31. The lowest BCUT2D eigenvalue weighted by molar-refractivity contribution is -0.138. The van der Waals surface area contributed by atoms with Gasteiger partial charge in [0.2, 0.25) is 5.91 Å². The van der Waals surface area contributed by atoms with Gasteiger partial charge in [-0.1, -0.05) is 43.2 Å². The maximum absolute atomic E-state index is 13.2. The zero-order chi connectivity index (χ0) is 22.4. The fraction of sp³-hybridized carbons (Fsp3) is 0.391. The third kappa shape index (κ3) is 6.30. The van der Waals surface area contributed by atoms with Gasteiger partial charge in [0, 0.05) is 12.6 Å². The van der Waals surface area contributed by atoms with E-state index < -0.39 is 17.6 Å². The van der Waals surface area contributed by atoms with Gasteiger partial charge in [0.05, 0.1) is 23.4 Å². The summed E-state index contributed by atoms with van der Waals surface area (Å²) in [6, 6.07) is 12.2. The Morgan fingerprint density at radius 1 is 1.03 bits per heavy atom. The average Bonchev–Trinajstić information content (AvgIpc) is 3.20. The Kier molecular flexibility index (Phi) is 7.33. The normalized spacial score (nSPS) is 14.6. The van der Waals surface area contributed by atoms with E-state index in [-0.39, 0.29) is 30.6 Å². The predicted molar refractivity (Wildman–Crippen MR) is 113 cm³/mol. The Labute approximate surface area is 179 Å². The Balaban J connectivity index is 1.62. The minimum atomic E-state index is -4.45. The second kappa shape index (κ2) is 9.96. The van der Waals surface area contributed by atoms with Gasteiger partial charge in [-0.05, 0) is 43.7 Å². The highest BCUT2D eigenvalue weighted by molar-refractivity contribution is 6.04. The van der Waals surface area contributed by atoms with Crippen LogP contribution in [0.2, 0.25) is 0 Å². The lowest BCUT2D eigenvalue weighted by Crippen LogP contribution is -2.34. The van der Waals surface area contributed by atoms with Crippen molar-refractivity contribution in [1.82, 2.24) is 10.2 Å². The van der Waals surface area contributed by atoms with Crippen molar-refractivity contribution in [3.63, 3.8) is 0 Å². The number of para-hydroxylation sites is 1. The lowest BCUT2D eigenvalue weighted by Gasteiger charge is -2.20. The molecule has 0 aromatic heterocycles. The van der Waals surface area contributed by atoms with Crippen molar-refractivity contribution < 1.29 is 22.8 Å². The monoisotopic (exact) mass is 433 g/mol. The Morgan fingerprint density at radius 2 is 1.68 bits per heavy atom. The van der Waals surface area contributed by atoms with Crippen LogP contribution >= 0.6 is 0 Å². The molecular weight excluding hydrogens is 407 g/mol. The first-order chi connectivity index (χ1) is 14.7. The second-order valence-corrected chi connectivity index (χ2v) is 7.88. The van der Waals surface area contributed by atoms with Crippen molar-refractivity contribution in [1.29, 1.82) is 0 Å². The average molecular weight is 433 g/mol. The van der Waals surface area contributed by atoms with Crippen LogP contribution in [0, 0.1) is 0 Å². The van der Waals surface area contributed by atoms with Crippen LogP contribution in [0.4, 0.5) is 18.9 Å². The number of nitrogens with one attached hydrogen (secondary N) is 2. The van der Waals surface area contributed by atoms with E-state index in [4.69, 9.17) is 0 Å². The van der Waals surface area contributed by atoms with Gasteiger partial charge in [0.15, 0.2) is 0 Å². The van der Waals surface area contributed by atoms with E-state index in [1.165, 1.54) is 23.1 Å². The van der Waals surface area contributed by atoms with Crippen LogP contribution < -0.4 is 10.6 Å². The summed E-state index contributed by atoms with van der Waals surface area (Å²) in [4.78, 5) is 26.6. The van der Waals surface area contributed by atoms with E-state index in [1.54, 1.807) is 31.3 Å². The zero-order valence-electron chi connectivity index (χ0n) is 17.3. The molecule has 0 atom stereocenters. The molecular formula is C23H26F3N3O2. The van der Waals surface area contributed by atoms with Crippen molar-refractivity contribution in [2.45, 2.75) is 44.4 Å². The van der Waals surface area contributed by atoms with Gasteiger partial charge in [-0.2, -0.15) is 13.2 Å². The highest BCUT2D eigenvalue weighted by Gasteiger charge is 2.33. The topological polar surface area (TPSA) is 61.4 Å². The van der Waals surface area contributed by atoms with Gasteiger partial charge in [-0.3, -0.25) is 14.5 Å². The van der Waals surface area contributed by atoms with Crippen LogP contribution in [-0.2, 0) is 17.5 Å². The highest BCUT2D eigenvalue weighted by atomic mass is 19.4. The Hall–Kier alpha value is -2.87. The van der Waals surface area contributed by atoms with Crippen molar-refractivity contribution in [2.24, 2.45) is 0 Å². The number of benzene rings is 2. The van der Waals surface area contributed by atoms with Gasteiger partial charge in [-0.15, -0.1) is 0 Å². The van der Waals surface area contributed by atoms with Gasteiger partial charge in [0.25, 0.3) is 5.91 Å². The Morgan fingerprint density at radius 3 is 2.39 bits per heavy atom. The van der Waals surface area contributed by atoms with Gasteiger partial charge in [0.1, 0.15) is 0 Å². The summed E-state index contributed by atoms with van der Waals surface area (Å²) in [6.07, 6.45) is -0.375. The molecule has 0 aliphatic heterocycles. The lowest BCUT2D eigenvalue weighted by atomic mass is 10.1. The van der Waals surface area contributed by atoms with Gasteiger partial charge >= 0.3 is 6.18 Å². The number of nitrogens with zero attached hydrogens (tertiary/aromatic N) is 1. The molecule has 2 N–H and O–H groups in total. The molecule has 1 saturated carbocycles. The summed E-state index contributed by atoms with van der Waals surface area (Å²) in [6.45, 7) is -0.155. The number of halogens is 3. The number of carbonyl (C=O) groups is 2. The first-order valence-corrected chi connectivity index (χ1v) is 10.3. The molecule has 1 aliphatic carbocycles. The maximum Gasteiger partial charge on any atom is 0.416 e. The molecule has 2 aromatic carbocycles. The first kappa shape index (κ1) is 22.8. The number of amides is 2. The number of carbonyl (C=O) groups excluding carboxylic acids is 2. The summed E-state index contributed by atoms with van der Waals surface area (Å²) in [5.41, 5.74) is 0.137. The number of anilines is 1. The number of hydrogen-bond acceptors (Lipinski definition) is 3. The van der Waals surface area contributed by atoms with Crippen LogP contribution in [0.1, 0.15) is 47.2 Å². The quantitative estimate of drug-likeness (QED) is 0.678. The fourth-order valence-electron chi connectivity index (χ4n) is 3.84. The summed E-state index contributed by atoms with van der Waals surface area (Å²) in [7, 11) is 1.57. The van der Waals surface area contributed by atoms with Crippen LogP contribution in [0.5, 0.6) is 0 Å². The first-order valence-electron chi connectivity index (χ1n) is 10.3. The van der Waals surface area contributed by atoms with Crippen molar-refractivity contribution in [3.8, 4) is 0 Å². The van der Waals surface area contributed by atoms with E-state index in [2.05, 4.69) is 10.6 Å². The van der Waals surface area contributed by atoms with E-state index in [9.17, 15) is 22.8 Å². The third-order valence-corrected chi connectivity index (χ3v) is 5.31. The van der Waals surface area contributed by atoms with Crippen molar-refractivity contribution in [3.05, 3.63) is 65.2 Å². The standard InChI is InChI=1S/C23H26F3N3O2/c1-29(14-16-8-2-6-12-19(16)23(24,25)26)15-21(30)28-20-13-7-5-11-18(20)22(31)27-17-9-3-4-10-17/h2,5-8,11-13,17H,3-4,9-10,14-15H2,1H3,(H,27,31)(H,28,30).